The summed E-state index contributed by atoms with van der Waals surface area (Å²) in [6.07, 6.45) is 1.73. The van der Waals surface area contributed by atoms with Gasteiger partial charge in [0.1, 0.15) is 5.82 Å². The molecule has 1 heterocycles. The van der Waals surface area contributed by atoms with E-state index in [1.54, 1.807) is 6.20 Å². The smallest absolute Gasteiger partial charge is 0.239 e. The molecule has 0 saturated carbocycles. The summed E-state index contributed by atoms with van der Waals surface area (Å²) in [6.45, 7) is 6.92. The van der Waals surface area contributed by atoms with Gasteiger partial charge in [-0.15, -0.1) is 0 Å². The Labute approximate surface area is 124 Å². The second kappa shape index (κ2) is 7.09. The van der Waals surface area contributed by atoms with Crippen molar-refractivity contribution in [2.24, 2.45) is 0 Å². The minimum atomic E-state index is 0.00321. The summed E-state index contributed by atoms with van der Waals surface area (Å²) in [7, 11) is 0. The second-order valence-corrected chi connectivity index (χ2v) is 5.97. The minimum Gasteiger partial charge on any atom is -0.352 e. The van der Waals surface area contributed by atoms with Gasteiger partial charge in [0.15, 0.2) is 0 Å². The topological polar surface area (TPSA) is 45.2 Å². The molecule has 4 nitrogen and oxygen atoms in total. The highest BCUT2D eigenvalue weighted by Crippen LogP contribution is 2.26. The van der Waals surface area contributed by atoms with Crippen LogP contribution < -0.4 is 10.2 Å². The molecule has 0 aromatic carbocycles. The van der Waals surface area contributed by atoms with Gasteiger partial charge in [0.2, 0.25) is 5.91 Å². The van der Waals surface area contributed by atoms with Crippen molar-refractivity contribution in [1.29, 1.82) is 0 Å². The van der Waals surface area contributed by atoms with E-state index >= 15 is 0 Å². The van der Waals surface area contributed by atoms with Crippen LogP contribution in [0, 0.1) is 0 Å². The minimum absolute atomic E-state index is 0.00321. The normalized spacial score (nSPS) is 10.6. The second-order valence-electron chi connectivity index (χ2n) is 4.20. The van der Waals surface area contributed by atoms with E-state index < -0.39 is 0 Å². The maximum atomic E-state index is 11.8. The van der Waals surface area contributed by atoms with Crippen LogP contribution in [0.3, 0.4) is 0 Å². The maximum absolute atomic E-state index is 11.8. The zero-order valence-electron chi connectivity index (χ0n) is 10.7. The number of aromatic nitrogens is 1. The van der Waals surface area contributed by atoms with E-state index in [-0.39, 0.29) is 11.9 Å². The first-order chi connectivity index (χ1) is 8.43. The van der Waals surface area contributed by atoms with Crippen LogP contribution in [0.25, 0.3) is 0 Å². The molecule has 0 aliphatic rings. The lowest BCUT2D eigenvalue weighted by atomic mass is 10.3. The molecule has 0 unspecified atom stereocenters. The van der Waals surface area contributed by atoms with Crippen molar-refractivity contribution in [2.45, 2.75) is 26.8 Å². The Morgan fingerprint density at radius 2 is 2.17 bits per heavy atom. The van der Waals surface area contributed by atoms with Gasteiger partial charge < -0.3 is 10.2 Å². The largest absolute Gasteiger partial charge is 0.352 e. The number of pyridine rings is 1. The standard InChI is InChI=1S/C12H17Br2N3O/c1-4-17(7-11(18)16-8(2)3)12-10(14)5-9(13)6-15-12/h5-6,8H,4,7H2,1-3H3,(H,16,18). The van der Waals surface area contributed by atoms with Crippen LogP contribution in [0.2, 0.25) is 0 Å². The molecule has 1 N–H and O–H groups in total. The Hall–Kier alpha value is -0.620. The van der Waals surface area contributed by atoms with Gasteiger partial charge in [-0.2, -0.15) is 0 Å². The van der Waals surface area contributed by atoms with Crippen molar-refractivity contribution in [3.8, 4) is 0 Å². The van der Waals surface area contributed by atoms with Gasteiger partial charge in [0.05, 0.1) is 11.0 Å². The van der Waals surface area contributed by atoms with Gasteiger partial charge in [-0.1, -0.05) is 0 Å². The molecule has 0 saturated heterocycles. The summed E-state index contributed by atoms with van der Waals surface area (Å²) >= 11 is 6.82. The lowest BCUT2D eigenvalue weighted by Gasteiger charge is -2.23. The van der Waals surface area contributed by atoms with Crippen LogP contribution >= 0.6 is 31.9 Å². The molecule has 0 fully saturated rings. The van der Waals surface area contributed by atoms with Gasteiger partial charge >= 0.3 is 0 Å². The van der Waals surface area contributed by atoms with E-state index in [0.717, 1.165) is 21.3 Å². The third kappa shape index (κ3) is 4.57. The number of anilines is 1. The van der Waals surface area contributed by atoms with Crippen LogP contribution in [0.4, 0.5) is 5.82 Å². The SMILES string of the molecule is CCN(CC(=O)NC(C)C)c1ncc(Br)cc1Br. The first-order valence-corrected chi connectivity index (χ1v) is 7.38. The first kappa shape index (κ1) is 15.4. The zero-order valence-corrected chi connectivity index (χ0v) is 13.9. The molecule has 0 aliphatic heterocycles. The van der Waals surface area contributed by atoms with Crippen molar-refractivity contribution in [3.05, 3.63) is 21.2 Å². The van der Waals surface area contributed by atoms with E-state index in [2.05, 4.69) is 42.2 Å². The number of halogens is 2. The highest BCUT2D eigenvalue weighted by molar-refractivity contribution is 9.11. The summed E-state index contributed by atoms with van der Waals surface area (Å²) in [5.41, 5.74) is 0. The maximum Gasteiger partial charge on any atom is 0.239 e. The molecular formula is C12H17Br2N3O. The lowest BCUT2D eigenvalue weighted by molar-refractivity contribution is -0.120. The van der Waals surface area contributed by atoms with Crippen LogP contribution in [-0.4, -0.2) is 30.0 Å². The molecule has 0 spiro atoms. The molecule has 100 valence electrons. The number of nitrogens with one attached hydrogen (secondary N) is 1. The summed E-state index contributed by atoms with van der Waals surface area (Å²) in [4.78, 5) is 18.0. The molecule has 1 aromatic rings. The van der Waals surface area contributed by atoms with E-state index in [1.807, 2.05) is 31.7 Å². The van der Waals surface area contributed by atoms with Crippen molar-refractivity contribution < 1.29 is 4.79 Å². The van der Waals surface area contributed by atoms with Crippen molar-refractivity contribution in [1.82, 2.24) is 10.3 Å². The molecule has 1 amide bonds. The average molecular weight is 379 g/mol. The molecule has 0 radical (unpaired) electrons. The number of rotatable bonds is 5. The molecule has 6 heteroatoms. The van der Waals surface area contributed by atoms with Gasteiger partial charge in [-0.05, 0) is 58.7 Å². The predicted molar refractivity (Wildman–Crippen MR) is 80.8 cm³/mol. The fraction of sp³-hybridized carbons (Fsp3) is 0.500. The predicted octanol–water partition coefficient (Wildman–Crippen LogP) is 2.96. The number of hydrogen-bond acceptors (Lipinski definition) is 3. The number of likely N-dealkylation sites (N-methyl/N-ethyl adjacent to an activating group) is 1. The monoisotopic (exact) mass is 377 g/mol. The zero-order chi connectivity index (χ0) is 13.7. The third-order valence-electron chi connectivity index (χ3n) is 2.25. The highest BCUT2D eigenvalue weighted by Gasteiger charge is 2.14. The molecule has 1 rings (SSSR count). The number of hydrogen-bond donors (Lipinski definition) is 1. The fourth-order valence-corrected chi connectivity index (χ4v) is 2.76. The van der Waals surface area contributed by atoms with Crippen molar-refractivity contribution in [2.75, 3.05) is 18.0 Å². The Bertz CT molecular complexity index is 424. The van der Waals surface area contributed by atoms with Crippen molar-refractivity contribution >= 4 is 43.6 Å². The fourth-order valence-electron chi connectivity index (χ4n) is 1.52. The van der Waals surface area contributed by atoms with Gasteiger partial charge in [0, 0.05) is 23.3 Å². The number of carbonyl (C=O) groups excluding carboxylic acids is 1. The summed E-state index contributed by atoms with van der Waals surface area (Å²) < 4.78 is 1.77. The highest BCUT2D eigenvalue weighted by atomic mass is 79.9. The first-order valence-electron chi connectivity index (χ1n) is 5.79. The third-order valence-corrected chi connectivity index (χ3v) is 3.27. The van der Waals surface area contributed by atoms with Crippen molar-refractivity contribution in [3.63, 3.8) is 0 Å². The molecule has 18 heavy (non-hydrogen) atoms. The van der Waals surface area contributed by atoms with E-state index in [9.17, 15) is 4.79 Å². The molecule has 0 aliphatic carbocycles. The van der Waals surface area contributed by atoms with Crippen LogP contribution in [0.15, 0.2) is 21.2 Å². The van der Waals surface area contributed by atoms with Crippen LogP contribution in [0.5, 0.6) is 0 Å². The van der Waals surface area contributed by atoms with Gasteiger partial charge in [-0.25, -0.2) is 4.98 Å². The van der Waals surface area contributed by atoms with E-state index in [1.165, 1.54) is 0 Å². The summed E-state index contributed by atoms with van der Waals surface area (Å²) in [6, 6.07) is 2.07. The molecule has 0 atom stereocenters. The quantitative estimate of drug-likeness (QED) is 0.856. The van der Waals surface area contributed by atoms with Gasteiger partial charge in [-0.3, -0.25) is 4.79 Å². The number of amides is 1. The molecular weight excluding hydrogens is 362 g/mol. The van der Waals surface area contributed by atoms with Crippen LogP contribution in [-0.2, 0) is 4.79 Å². The van der Waals surface area contributed by atoms with Gasteiger partial charge in [0.25, 0.3) is 0 Å². The number of nitrogens with zero attached hydrogens (tertiary/aromatic N) is 2. The lowest BCUT2D eigenvalue weighted by Crippen LogP contribution is -2.40. The summed E-state index contributed by atoms with van der Waals surface area (Å²) in [5, 5.41) is 2.88. The molecule has 0 bridgehead atoms. The Morgan fingerprint density at radius 1 is 1.50 bits per heavy atom. The van der Waals surface area contributed by atoms with E-state index in [4.69, 9.17) is 0 Å². The Balaban J connectivity index is 2.80. The average Bonchev–Trinajstić information content (AvgIpc) is 2.25. The van der Waals surface area contributed by atoms with Crippen LogP contribution in [0.1, 0.15) is 20.8 Å². The Kier molecular flexibility index (Phi) is 6.08. The molecule has 1 aromatic heterocycles. The summed E-state index contributed by atoms with van der Waals surface area (Å²) in [5.74, 6) is 0.781. The number of carbonyl (C=O) groups is 1. The van der Waals surface area contributed by atoms with E-state index in [0.29, 0.717) is 6.54 Å². The Morgan fingerprint density at radius 3 is 2.67 bits per heavy atom.